The number of rotatable bonds is 2. The minimum atomic E-state index is -0.734. The number of nitrogens with zero attached hydrogens (tertiary/aromatic N) is 1. The van der Waals surface area contributed by atoms with Gasteiger partial charge in [-0.2, -0.15) is 0 Å². The summed E-state index contributed by atoms with van der Waals surface area (Å²) in [7, 11) is 0. The topological polar surface area (TPSA) is 66.8 Å². The number of carbonyl (C=O) groups is 2. The molecular weight excluding hydrogens is 294 g/mol. The van der Waals surface area contributed by atoms with Gasteiger partial charge >= 0.3 is 5.97 Å². The Morgan fingerprint density at radius 1 is 1.26 bits per heavy atom. The highest BCUT2D eigenvalue weighted by molar-refractivity contribution is 5.87. The number of hydrogen-bond donors (Lipinski definition) is 1. The number of hydrogen-bond acceptors (Lipinski definition) is 3. The molecule has 3 atom stereocenters. The van der Waals surface area contributed by atoms with Crippen molar-refractivity contribution in [3.05, 3.63) is 29.8 Å². The number of para-hydroxylation sites is 1. The maximum atomic E-state index is 13.0. The van der Waals surface area contributed by atoms with Gasteiger partial charge in [0.15, 0.2) is 0 Å². The molecule has 2 heterocycles. The van der Waals surface area contributed by atoms with Crippen LogP contribution in [0.25, 0.3) is 0 Å². The van der Waals surface area contributed by atoms with Crippen LogP contribution in [0.15, 0.2) is 24.3 Å². The fourth-order valence-corrected chi connectivity index (χ4v) is 4.63. The van der Waals surface area contributed by atoms with Crippen LogP contribution in [0.4, 0.5) is 0 Å². The molecule has 0 spiro atoms. The summed E-state index contributed by atoms with van der Waals surface area (Å²) in [6.07, 6.45) is 3.23. The average molecular weight is 315 g/mol. The van der Waals surface area contributed by atoms with Gasteiger partial charge in [0, 0.05) is 18.7 Å². The Kier molecular flexibility index (Phi) is 3.32. The Labute approximate surface area is 135 Å². The van der Waals surface area contributed by atoms with E-state index < -0.39 is 11.4 Å². The molecule has 3 aliphatic rings. The first kappa shape index (κ1) is 14.5. The summed E-state index contributed by atoms with van der Waals surface area (Å²) in [6, 6.07) is 7.67. The highest BCUT2D eigenvalue weighted by Crippen LogP contribution is 2.49. The number of fused-ring (bicyclic) bond motifs is 2. The molecule has 5 nitrogen and oxygen atoms in total. The summed E-state index contributed by atoms with van der Waals surface area (Å²) in [6.45, 7) is 1.49. The Balaban J connectivity index is 1.59. The zero-order valence-electron chi connectivity index (χ0n) is 13.0. The molecule has 1 saturated heterocycles. The third-order valence-electron chi connectivity index (χ3n) is 5.86. The molecule has 0 bridgehead atoms. The van der Waals surface area contributed by atoms with E-state index in [1.807, 2.05) is 24.3 Å². The third kappa shape index (κ3) is 2.13. The number of ether oxygens (including phenoxy) is 1. The lowest BCUT2D eigenvalue weighted by Crippen LogP contribution is -2.39. The van der Waals surface area contributed by atoms with Gasteiger partial charge in [0.05, 0.1) is 17.9 Å². The maximum Gasteiger partial charge on any atom is 0.311 e. The molecule has 5 heteroatoms. The van der Waals surface area contributed by atoms with Crippen LogP contribution in [0.2, 0.25) is 0 Å². The second-order valence-electron chi connectivity index (χ2n) is 7.00. The molecule has 1 aromatic carbocycles. The first-order valence-corrected chi connectivity index (χ1v) is 8.36. The SMILES string of the molecule is O=C(C1CCOc2ccccc21)N1C[C@@H]2CCC[C@@]2(C(=O)O)C1. The molecule has 1 unspecified atom stereocenters. The van der Waals surface area contributed by atoms with Gasteiger partial charge < -0.3 is 14.7 Å². The van der Waals surface area contributed by atoms with Crippen molar-refractivity contribution in [2.75, 3.05) is 19.7 Å². The lowest BCUT2D eigenvalue weighted by molar-refractivity contribution is -0.149. The zero-order chi connectivity index (χ0) is 16.0. The Hall–Kier alpha value is -2.04. The number of benzene rings is 1. The van der Waals surface area contributed by atoms with E-state index >= 15 is 0 Å². The Bertz CT molecular complexity index is 658. The largest absolute Gasteiger partial charge is 0.493 e. The summed E-state index contributed by atoms with van der Waals surface area (Å²) in [5.41, 5.74) is 0.227. The molecule has 4 rings (SSSR count). The predicted molar refractivity (Wildman–Crippen MR) is 83.3 cm³/mol. The van der Waals surface area contributed by atoms with E-state index in [4.69, 9.17) is 4.74 Å². The molecule has 1 aromatic rings. The highest BCUT2D eigenvalue weighted by Gasteiger charge is 2.56. The predicted octanol–water partition coefficient (Wildman–Crippen LogP) is 2.27. The first-order valence-electron chi connectivity index (χ1n) is 8.36. The fraction of sp³-hybridized carbons (Fsp3) is 0.556. The Morgan fingerprint density at radius 2 is 2.09 bits per heavy atom. The van der Waals surface area contributed by atoms with Crippen LogP contribution in [0, 0.1) is 11.3 Å². The van der Waals surface area contributed by atoms with Gasteiger partial charge in [-0.05, 0) is 31.2 Å². The van der Waals surface area contributed by atoms with Crippen molar-refractivity contribution < 1.29 is 19.4 Å². The average Bonchev–Trinajstić information content (AvgIpc) is 3.12. The normalized spacial score (nSPS) is 32.1. The molecule has 23 heavy (non-hydrogen) atoms. The van der Waals surface area contributed by atoms with E-state index in [0.29, 0.717) is 32.5 Å². The number of carboxylic acids is 1. The van der Waals surface area contributed by atoms with Gasteiger partial charge in [0.25, 0.3) is 0 Å². The molecule has 2 fully saturated rings. The van der Waals surface area contributed by atoms with Crippen molar-refractivity contribution in [1.82, 2.24) is 4.90 Å². The number of likely N-dealkylation sites (tertiary alicyclic amines) is 1. The van der Waals surface area contributed by atoms with Crippen LogP contribution in [0.1, 0.15) is 37.2 Å². The van der Waals surface area contributed by atoms with Crippen molar-refractivity contribution in [3.8, 4) is 5.75 Å². The number of aliphatic carboxylic acids is 1. The van der Waals surface area contributed by atoms with Gasteiger partial charge in [0.2, 0.25) is 5.91 Å². The number of amides is 1. The van der Waals surface area contributed by atoms with Crippen molar-refractivity contribution >= 4 is 11.9 Å². The number of carboxylic acid groups (broad SMARTS) is 1. The van der Waals surface area contributed by atoms with Crippen molar-refractivity contribution in [1.29, 1.82) is 0 Å². The molecule has 122 valence electrons. The lowest BCUT2D eigenvalue weighted by Gasteiger charge is -2.29. The second kappa shape index (κ2) is 5.25. The van der Waals surface area contributed by atoms with Crippen LogP contribution >= 0.6 is 0 Å². The van der Waals surface area contributed by atoms with E-state index in [1.54, 1.807) is 4.90 Å². The Morgan fingerprint density at radius 3 is 2.87 bits per heavy atom. The van der Waals surface area contributed by atoms with Crippen LogP contribution in [-0.2, 0) is 9.59 Å². The zero-order valence-corrected chi connectivity index (χ0v) is 13.0. The van der Waals surface area contributed by atoms with Gasteiger partial charge in [-0.25, -0.2) is 0 Å². The maximum absolute atomic E-state index is 13.0. The van der Waals surface area contributed by atoms with Crippen LogP contribution in [0.5, 0.6) is 5.75 Å². The molecule has 1 saturated carbocycles. The molecule has 0 aromatic heterocycles. The van der Waals surface area contributed by atoms with Gasteiger partial charge in [0.1, 0.15) is 5.75 Å². The van der Waals surface area contributed by atoms with Crippen LogP contribution in [-0.4, -0.2) is 41.6 Å². The van der Waals surface area contributed by atoms with Gasteiger partial charge in [-0.1, -0.05) is 24.6 Å². The van der Waals surface area contributed by atoms with Crippen molar-refractivity contribution in [3.63, 3.8) is 0 Å². The monoisotopic (exact) mass is 315 g/mol. The fourth-order valence-electron chi connectivity index (χ4n) is 4.63. The third-order valence-corrected chi connectivity index (χ3v) is 5.86. The molecule has 1 aliphatic carbocycles. The van der Waals surface area contributed by atoms with E-state index in [1.165, 1.54) is 0 Å². The summed E-state index contributed by atoms with van der Waals surface area (Å²) < 4.78 is 5.63. The lowest BCUT2D eigenvalue weighted by atomic mass is 9.81. The molecular formula is C18H21NO4. The van der Waals surface area contributed by atoms with E-state index in [9.17, 15) is 14.7 Å². The van der Waals surface area contributed by atoms with E-state index in [-0.39, 0.29) is 17.7 Å². The molecule has 1 N–H and O–H groups in total. The molecule has 0 radical (unpaired) electrons. The smallest absolute Gasteiger partial charge is 0.311 e. The number of carbonyl (C=O) groups excluding carboxylic acids is 1. The molecule has 1 amide bonds. The second-order valence-corrected chi connectivity index (χ2v) is 7.00. The highest BCUT2D eigenvalue weighted by atomic mass is 16.5. The summed E-state index contributed by atoms with van der Waals surface area (Å²) in [5, 5.41) is 9.68. The minimum absolute atomic E-state index is 0.0655. The standard InChI is InChI=1S/C18H21NO4/c20-16(14-7-9-23-15-6-2-1-5-13(14)15)19-10-12-4-3-8-18(12,11-19)17(21)22/h1-2,5-6,12,14H,3-4,7-11H2,(H,21,22)/t12-,14?,18+/m0/s1. The van der Waals surface area contributed by atoms with Gasteiger partial charge in [-0.3, -0.25) is 9.59 Å². The van der Waals surface area contributed by atoms with E-state index in [2.05, 4.69) is 0 Å². The van der Waals surface area contributed by atoms with Gasteiger partial charge in [-0.15, -0.1) is 0 Å². The van der Waals surface area contributed by atoms with Crippen LogP contribution < -0.4 is 4.74 Å². The van der Waals surface area contributed by atoms with Crippen LogP contribution in [0.3, 0.4) is 0 Å². The summed E-state index contributed by atoms with van der Waals surface area (Å²) >= 11 is 0. The first-order chi connectivity index (χ1) is 11.1. The van der Waals surface area contributed by atoms with E-state index in [0.717, 1.165) is 24.2 Å². The minimum Gasteiger partial charge on any atom is -0.493 e. The quantitative estimate of drug-likeness (QED) is 0.909. The molecule has 2 aliphatic heterocycles. The summed E-state index contributed by atoms with van der Waals surface area (Å²) in [4.78, 5) is 26.6. The van der Waals surface area contributed by atoms with Crippen molar-refractivity contribution in [2.24, 2.45) is 11.3 Å². The summed E-state index contributed by atoms with van der Waals surface area (Å²) in [5.74, 6) is 0.0200. The van der Waals surface area contributed by atoms with Crippen molar-refractivity contribution in [2.45, 2.75) is 31.6 Å².